The average Bonchev–Trinajstić information content (AvgIpc) is 3.47. The zero-order valence-corrected chi connectivity index (χ0v) is 17.7. The van der Waals surface area contributed by atoms with Gasteiger partial charge in [-0.3, -0.25) is 9.69 Å². The molecule has 0 bridgehead atoms. The lowest BCUT2D eigenvalue weighted by molar-refractivity contribution is 0.0996. The second kappa shape index (κ2) is 7.40. The smallest absolute Gasteiger partial charge is 0.260 e. The summed E-state index contributed by atoms with van der Waals surface area (Å²) in [7, 11) is 1.89. The predicted molar refractivity (Wildman–Crippen MR) is 115 cm³/mol. The van der Waals surface area contributed by atoms with Gasteiger partial charge < -0.3 is 9.47 Å². The first-order chi connectivity index (χ1) is 15.4. The summed E-state index contributed by atoms with van der Waals surface area (Å²) >= 11 is 0. The lowest BCUT2D eigenvalue weighted by Gasteiger charge is -2.22. The van der Waals surface area contributed by atoms with Gasteiger partial charge in [0.1, 0.15) is 29.8 Å². The lowest BCUT2D eigenvalue weighted by atomic mass is 10.1. The van der Waals surface area contributed by atoms with Crippen molar-refractivity contribution >= 4 is 17.5 Å². The minimum Gasteiger partial charge on any atom is -0.357 e. The highest BCUT2D eigenvalue weighted by Gasteiger charge is 2.32. The van der Waals surface area contributed by atoms with Crippen molar-refractivity contribution in [3.63, 3.8) is 0 Å². The molecule has 31 heavy (non-hydrogen) atoms. The van der Waals surface area contributed by atoms with Crippen molar-refractivity contribution < 1.29 is 10.6 Å². The number of amides is 1. The van der Waals surface area contributed by atoms with Crippen LogP contribution >= 0.6 is 0 Å². The summed E-state index contributed by atoms with van der Waals surface area (Å²) in [5.74, 6) is 2.10. The van der Waals surface area contributed by atoms with Gasteiger partial charge in [-0.05, 0) is 38.5 Å². The molecular weight excluding hydrogens is 397 g/mol. The molecule has 160 valence electrons. The third-order valence-electron chi connectivity index (χ3n) is 6.08. The van der Waals surface area contributed by atoms with Crippen LogP contribution in [0.4, 0.5) is 16.0 Å². The molecule has 0 saturated carbocycles. The van der Waals surface area contributed by atoms with Crippen molar-refractivity contribution in [3.05, 3.63) is 47.4 Å². The number of hydrogen-bond acceptors (Lipinski definition) is 6. The highest BCUT2D eigenvalue weighted by molar-refractivity contribution is 6.09. The van der Waals surface area contributed by atoms with Crippen molar-refractivity contribution in [1.82, 2.24) is 24.7 Å². The SMILES string of the molecule is [2H]c1nc(N(C)C(C)C)cc2c1CN(c1cccc(-c3nnc4n3C(CF)CC4)n1)C2=O. The van der Waals surface area contributed by atoms with E-state index < -0.39 is 6.67 Å². The van der Waals surface area contributed by atoms with Crippen LogP contribution in [0.15, 0.2) is 30.4 Å². The molecular formula is C22H24FN7O. The molecule has 2 aliphatic heterocycles. The Bertz CT molecular complexity index is 1210. The van der Waals surface area contributed by atoms with E-state index >= 15 is 0 Å². The Morgan fingerprint density at radius 3 is 2.97 bits per heavy atom. The number of aromatic nitrogens is 5. The first-order valence-electron chi connectivity index (χ1n) is 10.9. The third-order valence-corrected chi connectivity index (χ3v) is 6.08. The van der Waals surface area contributed by atoms with Gasteiger partial charge in [0.2, 0.25) is 0 Å². The van der Waals surface area contributed by atoms with Crippen molar-refractivity contribution in [2.75, 3.05) is 23.5 Å². The maximum absolute atomic E-state index is 13.5. The fraction of sp³-hybridized carbons (Fsp3) is 0.409. The monoisotopic (exact) mass is 422 g/mol. The van der Waals surface area contributed by atoms with E-state index in [0.717, 1.165) is 5.82 Å². The number of halogens is 1. The van der Waals surface area contributed by atoms with E-state index in [1.807, 2.05) is 30.4 Å². The van der Waals surface area contributed by atoms with Gasteiger partial charge in [-0.1, -0.05) is 6.07 Å². The lowest BCUT2D eigenvalue weighted by Crippen LogP contribution is -2.27. The molecule has 1 unspecified atom stereocenters. The number of anilines is 2. The largest absolute Gasteiger partial charge is 0.357 e. The minimum absolute atomic E-state index is 0.0954. The number of alkyl halides is 1. The van der Waals surface area contributed by atoms with Gasteiger partial charge in [-0.25, -0.2) is 14.4 Å². The molecule has 0 saturated heterocycles. The topological polar surface area (TPSA) is 80.0 Å². The highest BCUT2D eigenvalue weighted by atomic mass is 19.1. The van der Waals surface area contributed by atoms with Gasteiger partial charge in [0.05, 0.1) is 19.5 Å². The van der Waals surface area contributed by atoms with Crippen LogP contribution in [0.3, 0.4) is 0 Å². The van der Waals surface area contributed by atoms with E-state index in [4.69, 9.17) is 1.37 Å². The van der Waals surface area contributed by atoms with Gasteiger partial charge in [0, 0.05) is 31.2 Å². The molecule has 2 aliphatic rings. The van der Waals surface area contributed by atoms with E-state index in [1.54, 1.807) is 29.2 Å². The van der Waals surface area contributed by atoms with Crippen LogP contribution in [-0.2, 0) is 13.0 Å². The van der Waals surface area contributed by atoms with Gasteiger partial charge >= 0.3 is 0 Å². The van der Waals surface area contributed by atoms with Crippen LogP contribution in [0.1, 0.15) is 49.4 Å². The second-order valence-electron chi connectivity index (χ2n) is 8.25. The summed E-state index contributed by atoms with van der Waals surface area (Å²) in [6.07, 6.45) is 1.48. The number of carbonyl (C=O) groups excluding carboxylic acids is 1. The number of fused-ring (bicyclic) bond motifs is 2. The first kappa shape index (κ1) is 18.4. The zero-order chi connectivity index (χ0) is 22.6. The number of carbonyl (C=O) groups is 1. The molecule has 1 atom stereocenters. The fourth-order valence-electron chi connectivity index (χ4n) is 4.07. The average molecular weight is 422 g/mol. The Morgan fingerprint density at radius 2 is 2.19 bits per heavy atom. The summed E-state index contributed by atoms with van der Waals surface area (Å²) in [5.41, 5.74) is 1.60. The van der Waals surface area contributed by atoms with Crippen LogP contribution in [0.2, 0.25) is 0 Å². The molecule has 5 rings (SSSR count). The molecule has 3 aromatic rings. The Kier molecular flexibility index (Phi) is 4.40. The number of pyridine rings is 2. The molecule has 0 aromatic carbocycles. The van der Waals surface area contributed by atoms with Gasteiger partial charge in [-0.2, -0.15) is 0 Å². The molecule has 1 amide bonds. The second-order valence-corrected chi connectivity index (χ2v) is 8.25. The molecule has 8 nitrogen and oxygen atoms in total. The third kappa shape index (κ3) is 3.15. The van der Waals surface area contributed by atoms with E-state index in [2.05, 4.69) is 20.2 Å². The summed E-state index contributed by atoms with van der Waals surface area (Å²) in [6.45, 7) is 3.80. The van der Waals surface area contributed by atoms with Crippen LogP contribution in [0.25, 0.3) is 11.5 Å². The van der Waals surface area contributed by atoms with Crippen LogP contribution < -0.4 is 9.80 Å². The first-order valence-corrected chi connectivity index (χ1v) is 10.4. The summed E-state index contributed by atoms with van der Waals surface area (Å²) in [4.78, 5) is 25.8. The molecule has 0 N–H and O–H groups in total. The van der Waals surface area contributed by atoms with Crippen molar-refractivity contribution in [3.8, 4) is 11.5 Å². The number of hydrogen-bond donors (Lipinski definition) is 0. The van der Waals surface area contributed by atoms with Gasteiger partial charge in [0.25, 0.3) is 5.91 Å². The van der Waals surface area contributed by atoms with Crippen LogP contribution in [0.5, 0.6) is 0 Å². The van der Waals surface area contributed by atoms with E-state index in [9.17, 15) is 9.18 Å². The summed E-state index contributed by atoms with van der Waals surface area (Å²) in [5, 5.41) is 8.41. The van der Waals surface area contributed by atoms with E-state index in [0.29, 0.717) is 47.1 Å². The van der Waals surface area contributed by atoms with Gasteiger partial charge in [-0.15, -0.1) is 10.2 Å². The van der Waals surface area contributed by atoms with Crippen molar-refractivity contribution in [2.45, 2.75) is 45.3 Å². The predicted octanol–water partition coefficient (Wildman–Crippen LogP) is 3.20. The van der Waals surface area contributed by atoms with E-state index in [1.165, 1.54) is 0 Å². The quantitative estimate of drug-likeness (QED) is 0.628. The highest BCUT2D eigenvalue weighted by Crippen LogP contribution is 2.33. The molecule has 5 heterocycles. The van der Waals surface area contributed by atoms with Crippen LogP contribution in [0, 0.1) is 0 Å². The van der Waals surface area contributed by atoms with E-state index in [-0.39, 0.29) is 30.7 Å². The standard InChI is InChI=1S/C22H24FN7O/c1-13(2)28(3)20-9-16-14(11-24-20)12-29(22(16)31)18-6-4-5-17(25-18)21-27-26-19-8-7-15(10-23)30(19)21/h4-6,9,11,13,15H,7-8,10,12H2,1-3H3/i11D. The van der Waals surface area contributed by atoms with Crippen LogP contribution in [-0.4, -0.2) is 50.4 Å². The molecule has 0 radical (unpaired) electrons. The van der Waals surface area contributed by atoms with Crippen molar-refractivity contribution in [1.29, 1.82) is 0 Å². The molecule has 3 aromatic heterocycles. The zero-order valence-electron chi connectivity index (χ0n) is 18.7. The maximum atomic E-state index is 13.5. The summed E-state index contributed by atoms with van der Waals surface area (Å²) in [6, 6.07) is 6.98. The number of rotatable bonds is 5. The van der Waals surface area contributed by atoms with Gasteiger partial charge in [0.15, 0.2) is 5.82 Å². The Labute approximate surface area is 181 Å². The number of aryl methyl sites for hydroxylation is 1. The summed E-state index contributed by atoms with van der Waals surface area (Å²) < 4.78 is 23.6. The Morgan fingerprint density at radius 1 is 1.35 bits per heavy atom. The molecule has 9 heteroatoms. The maximum Gasteiger partial charge on any atom is 0.260 e. The Hall–Kier alpha value is -3.36. The van der Waals surface area contributed by atoms with Crippen molar-refractivity contribution in [2.24, 2.45) is 0 Å². The molecule has 0 fully saturated rings. The number of nitrogens with zero attached hydrogens (tertiary/aromatic N) is 7. The molecule has 0 spiro atoms. The molecule has 0 aliphatic carbocycles. The normalized spacial score (nSPS) is 17.8. The minimum atomic E-state index is -0.482. The fourth-order valence-corrected chi connectivity index (χ4v) is 4.07. The Balaban J connectivity index is 1.49.